The molecule has 0 saturated heterocycles. The van der Waals surface area contributed by atoms with Crippen LogP contribution < -0.4 is 0 Å². The second-order valence-electron chi connectivity index (χ2n) is 4.52. The van der Waals surface area contributed by atoms with Crippen LogP contribution in [0.4, 0.5) is 0 Å². The lowest BCUT2D eigenvalue weighted by molar-refractivity contribution is -0.136. The number of aliphatic carboxylic acids is 1. The summed E-state index contributed by atoms with van der Waals surface area (Å²) in [6.45, 7) is 0. The molecule has 2 N–H and O–H groups in total. The average molecular weight is 267 g/mol. The van der Waals surface area contributed by atoms with Gasteiger partial charge < -0.3 is 10.1 Å². The highest BCUT2D eigenvalue weighted by molar-refractivity contribution is 5.93. The van der Waals surface area contributed by atoms with Gasteiger partial charge in [0.25, 0.3) is 0 Å². The number of nitrogens with one attached hydrogen (secondary N) is 1. The van der Waals surface area contributed by atoms with Crippen LogP contribution in [0, 0.1) is 0 Å². The molecule has 2 heterocycles. The zero-order valence-corrected chi connectivity index (χ0v) is 10.7. The van der Waals surface area contributed by atoms with E-state index in [2.05, 4.69) is 15.0 Å². The van der Waals surface area contributed by atoms with E-state index >= 15 is 0 Å². The van der Waals surface area contributed by atoms with Gasteiger partial charge in [0.15, 0.2) is 0 Å². The zero-order valence-electron chi connectivity index (χ0n) is 10.7. The number of carboxylic acids is 1. The monoisotopic (exact) mass is 267 g/mol. The molecule has 0 saturated carbocycles. The largest absolute Gasteiger partial charge is 0.481 e. The van der Waals surface area contributed by atoms with Crippen LogP contribution in [-0.2, 0) is 11.2 Å². The maximum absolute atomic E-state index is 10.7. The molecule has 20 heavy (non-hydrogen) atoms. The van der Waals surface area contributed by atoms with Crippen LogP contribution in [0.2, 0.25) is 0 Å². The van der Waals surface area contributed by atoms with Gasteiger partial charge in [0, 0.05) is 23.6 Å². The minimum atomic E-state index is -0.808. The Morgan fingerprint density at radius 3 is 2.75 bits per heavy atom. The maximum atomic E-state index is 10.7. The van der Waals surface area contributed by atoms with E-state index < -0.39 is 5.97 Å². The molecular formula is C15H13N3O2. The summed E-state index contributed by atoms with van der Waals surface area (Å²) in [6.07, 6.45) is 3.88. The van der Waals surface area contributed by atoms with Crippen molar-refractivity contribution < 1.29 is 9.90 Å². The Bertz CT molecular complexity index is 750. The SMILES string of the molecule is O=C(O)CCc1c[nH]c2ncnc(-c3ccccc3)c12. The van der Waals surface area contributed by atoms with Crippen molar-refractivity contribution in [3.8, 4) is 11.3 Å². The second kappa shape index (κ2) is 5.13. The molecule has 0 radical (unpaired) electrons. The highest BCUT2D eigenvalue weighted by Gasteiger charge is 2.13. The van der Waals surface area contributed by atoms with Crippen LogP contribution in [0.25, 0.3) is 22.3 Å². The highest BCUT2D eigenvalue weighted by Crippen LogP contribution is 2.28. The fourth-order valence-corrected chi connectivity index (χ4v) is 2.28. The van der Waals surface area contributed by atoms with Crippen molar-refractivity contribution >= 4 is 17.0 Å². The van der Waals surface area contributed by atoms with Gasteiger partial charge in [0.05, 0.1) is 5.69 Å². The summed E-state index contributed by atoms with van der Waals surface area (Å²) in [5.41, 5.74) is 3.49. The van der Waals surface area contributed by atoms with E-state index in [0.29, 0.717) is 6.42 Å². The Morgan fingerprint density at radius 1 is 1.20 bits per heavy atom. The first-order valence-electron chi connectivity index (χ1n) is 6.34. The fraction of sp³-hybridized carbons (Fsp3) is 0.133. The summed E-state index contributed by atoms with van der Waals surface area (Å²) in [6, 6.07) is 9.82. The number of fused-ring (bicyclic) bond motifs is 1. The van der Waals surface area contributed by atoms with Crippen molar-refractivity contribution in [3.05, 3.63) is 48.4 Å². The van der Waals surface area contributed by atoms with Crippen molar-refractivity contribution in [3.63, 3.8) is 0 Å². The summed E-state index contributed by atoms with van der Waals surface area (Å²) in [5, 5.41) is 9.73. The van der Waals surface area contributed by atoms with E-state index in [1.165, 1.54) is 6.33 Å². The zero-order chi connectivity index (χ0) is 13.9. The number of hydrogen-bond acceptors (Lipinski definition) is 3. The van der Waals surface area contributed by atoms with Crippen LogP contribution in [0.1, 0.15) is 12.0 Å². The Balaban J connectivity index is 2.12. The molecule has 0 aliphatic heterocycles. The minimum absolute atomic E-state index is 0.0933. The molecule has 0 amide bonds. The van der Waals surface area contributed by atoms with Crippen molar-refractivity contribution in [1.82, 2.24) is 15.0 Å². The van der Waals surface area contributed by atoms with Crippen molar-refractivity contribution in [2.75, 3.05) is 0 Å². The maximum Gasteiger partial charge on any atom is 0.303 e. The van der Waals surface area contributed by atoms with Crippen LogP contribution in [-0.4, -0.2) is 26.0 Å². The van der Waals surface area contributed by atoms with Crippen molar-refractivity contribution in [2.45, 2.75) is 12.8 Å². The first-order chi connectivity index (χ1) is 9.75. The molecule has 0 aliphatic rings. The molecule has 3 rings (SSSR count). The van der Waals surface area contributed by atoms with E-state index in [1.807, 2.05) is 36.5 Å². The molecule has 1 aromatic carbocycles. The first-order valence-corrected chi connectivity index (χ1v) is 6.34. The van der Waals surface area contributed by atoms with Gasteiger partial charge in [0.1, 0.15) is 12.0 Å². The molecular weight excluding hydrogens is 254 g/mol. The van der Waals surface area contributed by atoms with Gasteiger partial charge in [-0.05, 0) is 12.0 Å². The number of benzene rings is 1. The van der Waals surface area contributed by atoms with Crippen molar-refractivity contribution in [2.24, 2.45) is 0 Å². The first kappa shape index (κ1) is 12.3. The quantitative estimate of drug-likeness (QED) is 0.761. The van der Waals surface area contributed by atoms with Crippen LogP contribution in [0.3, 0.4) is 0 Å². The Labute approximate surface area is 115 Å². The van der Waals surface area contributed by atoms with Crippen LogP contribution in [0.5, 0.6) is 0 Å². The summed E-state index contributed by atoms with van der Waals surface area (Å²) in [5.74, 6) is -0.808. The summed E-state index contributed by atoms with van der Waals surface area (Å²) >= 11 is 0. The van der Waals surface area contributed by atoms with E-state index in [1.54, 1.807) is 0 Å². The van der Waals surface area contributed by atoms with E-state index in [4.69, 9.17) is 5.11 Å². The number of hydrogen-bond donors (Lipinski definition) is 2. The Kier molecular flexibility index (Phi) is 3.16. The minimum Gasteiger partial charge on any atom is -0.481 e. The lowest BCUT2D eigenvalue weighted by atomic mass is 10.0. The molecule has 0 unspecified atom stereocenters. The predicted molar refractivity (Wildman–Crippen MR) is 75.3 cm³/mol. The van der Waals surface area contributed by atoms with Crippen LogP contribution >= 0.6 is 0 Å². The molecule has 0 aliphatic carbocycles. The second-order valence-corrected chi connectivity index (χ2v) is 4.52. The third kappa shape index (κ3) is 2.25. The molecule has 0 bridgehead atoms. The third-order valence-corrected chi connectivity index (χ3v) is 3.21. The predicted octanol–water partition coefficient (Wildman–Crippen LogP) is 2.64. The number of nitrogens with zero attached hydrogens (tertiary/aromatic N) is 2. The summed E-state index contributed by atoms with van der Waals surface area (Å²) in [4.78, 5) is 22.4. The number of rotatable bonds is 4. The smallest absolute Gasteiger partial charge is 0.303 e. The number of carbonyl (C=O) groups is 1. The van der Waals surface area contributed by atoms with Crippen molar-refractivity contribution in [1.29, 1.82) is 0 Å². The number of carboxylic acid groups (broad SMARTS) is 1. The van der Waals surface area contributed by atoms with E-state index in [0.717, 1.165) is 27.9 Å². The normalized spacial score (nSPS) is 10.8. The number of aromatic amines is 1. The lowest BCUT2D eigenvalue weighted by Gasteiger charge is -2.04. The van der Waals surface area contributed by atoms with Gasteiger partial charge >= 0.3 is 5.97 Å². The Hall–Kier alpha value is -2.69. The summed E-state index contributed by atoms with van der Waals surface area (Å²) < 4.78 is 0. The molecule has 0 spiro atoms. The van der Waals surface area contributed by atoms with E-state index in [9.17, 15) is 4.79 Å². The van der Waals surface area contributed by atoms with Gasteiger partial charge in [-0.2, -0.15) is 0 Å². The van der Waals surface area contributed by atoms with Gasteiger partial charge in [-0.15, -0.1) is 0 Å². The number of aromatic nitrogens is 3. The molecule has 0 atom stereocenters. The standard InChI is InChI=1S/C15H13N3O2/c19-12(20)7-6-11-8-16-15-13(11)14(17-9-18-15)10-4-2-1-3-5-10/h1-5,8-9H,6-7H2,(H,19,20)(H,16,17,18). The van der Waals surface area contributed by atoms with Crippen LogP contribution in [0.15, 0.2) is 42.9 Å². The van der Waals surface area contributed by atoms with Gasteiger partial charge in [-0.3, -0.25) is 4.79 Å². The molecule has 100 valence electrons. The average Bonchev–Trinajstić information content (AvgIpc) is 2.89. The van der Waals surface area contributed by atoms with E-state index in [-0.39, 0.29) is 6.42 Å². The molecule has 5 heteroatoms. The molecule has 5 nitrogen and oxygen atoms in total. The number of H-pyrrole nitrogens is 1. The topological polar surface area (TPSA) is 78.9 Å². The molecule has 3 aromatic rings. The van der Waals surface area contributed by atoms with Gasteiger partial charge in [-0.25, -0.2) is 9.97 Å². The highest BCUT2D eigenvalue weighted by atomic mass is 16.4. The fourth-order valence-electron chi connectivity index (χ4n) is 2.28. The molecule has 2 aromatic heterocycles. The van der Waals surface area contributed by atoms with Gasteiger partial charge in [-0.1, -0.05) is 30.3 Å². The lowest BCUT2D eigenvalue weighted by Crippen LogP contribution is -1.97. The van der Waals surface area contributed by atoms with Gasteiger partial charge in [0.2, 0.25) is 0 Å². The summed E-state index contributed by atoms with van der Waals surface area (Å²) in [7, 11) is 0. The third-order valence-electron chi connectivity index (χ3n) is 3.21. The molecule has 0 fully saturated rings. The Morgan fingerprint density at radius 2 is 2.00 bits per heavy atom. The number of aryl methyl sites for hydroxylation is 1.